The van der Waals surface area contributed by atoms with Crippen LogP contribution in [-0.4, -0.2) is 35.0 Å². The Morgan fingerprint density at radius 3 is 2.61 bits per heavy atom. The topological polar surface area (TPSA) is 58.1 Å². The summed E-state index contributed by atoms with van der Waals surface area (Å²) >= 11 is 6.26. The molecule has 1 N–H and O–H groups in total. The fraction of sp³-hybridized carbons (Fsp3) is 0.400. The molecule has 0 radical (unpaired) electrons. The molecule has 3 aromatic rings. The SMILES string of the molecule is CC(C)NC(=O)CCN(CCc1ccccc1)c1nc(C2CC2)nc2cc(Cl)ccc12. The van der Waals surface area contributed by atoms with Gasteiger partial charge in [-0.3, -0.25) is 4.79 Å². The molecule has 5 nitrogen and oxygen atoms in total. The normalized spacial score (nSPS) is 13.5. The minimum Gasteiger partial charge on any atom is -0.355 e. The highest BCUT2D eigenvalue weighted by Gasteiger charge is 2.28. The second-order valence-electron chi connectivity index (χ2n) is 8.54. The van der Waals surface area contributed by atoms with Gasteiger partial charge in [-0.1, -0.05) is 41.9 Å². The van der Waals surface area contributed by atoms with Gasteiger partial charge in [-0.15, -0.1) is 0 Å². The number of amides is 1. The first-order chi connectivity index (χ1) is 15.0. The monoisotopic (exact) mass is 436 g/mol. The summed E-state index contributed by atoms with van der Waals surface area (Å²) in [6.45, 7) is 5.34. The van der Waals surface area contributed by atoms with Crippen LogP contribution in [0.25, 0.3) is 10.9 Å². The summed E-state index contributed by atoms with van der Waals surface area (Å²) in [4.78, 5) is 24.4. The first kappa shape index (κ1) is 21.6. The average molecular weight is 437 g/mol. The lowest BCUT2D eigenvalue weighted by atomic mass is 10.1. The summed E-state index contributed by atoms with van der Waals surface area (Å²) in [7, 11) is 0. The molecule has 1 saturated carbocycles. The Morgan fingerprint density at radius 2 is 1.90 bits per heavy atom. The van der Waals surface area contributed by atoms with Gasteiger partial charge in [0.05, 0.1) is 5.52 Å². The number of nitrogens with zero attached hydrogens (tertiary/aromatic N) is 3. The van der Waals surface area contributed by atoms with E-state index in [-0.39, 0.29) is 11.9 Å². The van der Waals surface area contributed by atoms with Crippen LogP contribution in [0.1, 0.15) is 50.4 Å². The average Bonchev–Trinajstić information content (AvgIpc) is 3.58. The Labute approximate surface area is 188 Å². The number of halogens is 1. The van der Waals surface area contributed by atoms with Gasteiger partial charge < -0.3 is 10.2 Å². The molecule has 0 bridgehead atoms. The van der Waals surface area contributed by atoms with Gasteiger partial charge in [0.1, 0.15) is 11.6 Å². The van der Waals surface area contributed by atoms with Crippen molar-refractivity contribution in [2.24, 2.45) is 0 Å². The third-order valence-electron chi connectivity index (χ3n) is 5.47. The number of hydrogen-bond donors (Lipinski definition) is 1. The highest BCUT2D eigenvalue weighted by molar-refractivity contribution is 6.31. The predicted molar refractivity (Wildman–Crippen MR) is 127 cm³/mol. The number of benzene rings is 2. The van der Waals surface area contributed by atoms with Crippen LogP contribution in [0, 0.1) is 0 Å². The quantitative estimate of drug-likeness (QED) is 0.505. The number of aromatic nitrogens is 2. The standard InChI is InChI=1S/C25H29ClN4O/c1-17(2)27-23(31)13-15-30(14-12-18-6-4-3-5-7-18)25-21-11-10-20(26)16-22(21)28-24(29-25)19-8-9-19/h3-7,10-11,16-17,19H,8-9,12-15H2,1-2H3,(H,27,31). The molecule has 1 amide bonds. The smallest absolute Gasteiger partial charge is 0.221 e. The van der Waals surface area contributed by atoms with Gasteiger partial charge in [0.15, 0.2) is 0 Å². The molecule has 162 valence electrons. The van der Waals surface area contributed by atoms with E-state index in [0.29, 0.717) is 23.9 Å². The lowest BCUT2D eigenvalue weighted by molar-refractivity contribution is -0.121. The molecule has 6 heteroatoms. The van der Waals surface area contributed by atoms with Gasteiger partial charge in [0, 0.05) is 41.9 Å². The van der Waals surface area contributed by atoms with Crippen molar-refractivity contribution < 1.29 is 4.79 Å². The highest BCUT2D eigenvalue weighted by Crippen LogP contribution is 2.40. The zero-order valence-electron chi connectivity index (χ0n) is 18.1. The molecule has 0 aliphatic heterocycles. The van der Waals surface area contributed by atoms with Crippen LogP contribution in [0.5, 0.6) is 0 Å². The summed E-state index contributed by atoms with van der Waals surface area (Å²) in [5.74, 6) is 2.28. The molecule has 0 atom stereocenters. The lowest BCUT2D eigenvalue weighted by Gasteiger charge is -2.26. The van der Waals surface area contributed by atoms with Crippen molar-refractivity contribution in [2.45, 2.75) is 51.5 Å². The summed E-state index contributed by atoms with van der Waals surface area (Å²) < 4.78 is 0. The Kier molecular flexibility index (Phi) is 6.71. The Balaban J connectivity index is 1.65. The molecule has 0 unspecified atom stereocenters. The van der Waals surface area contributed by atoms with Gasteiger partial charge in [0.2, 0.25) is 5.91 Å². The van der Waals surface area contributed by atoms with Crippen LogP contribution in [0.15, 0.2) is 48.5 Å². The maximum absolute atomic E-state index is 12.4. The summed E-state index contributed by atoms with van der Waals surface area (Å²) in [5, 5.41) is 4.64. The van der Waals surface area contributed by atoms with Crippen molar-refractivity contribution in [1.29, 1.82) is 0 Å². The number of rotatable bonds is 9. The predicted octanol–water partition coefficient (Wildman–Crippen LogP) is 5.12. The molecule has 1 aliphatic rings. The van der Waals surface area contributed by atoms with Gasteiger partial charge in [-0.2, -0.15) is 0 Å². The highest BCUT2D eigenvalue weighted by atomic mass is 35.5. The molecule has 31 heavy (non-hydrogen) atoms. The first-order valence-corrected chi connectivity index (χ1v) is 11.4. The molecule has 1 heterocycles. The second kappa shape index (κ2) is 9.65. The maximum atomic E-state index is 12.4. The van der Waals surface area contributed by atoms with Crippen molar-refractivity contribution in [3.63, 3.8) is 0 Å². The molecule has 4 rings (SSSR count). The third kappa shape index (κ3) is 5.73. The van der Waals surface area contributed by atoms with Crippen LogP contribution >= 0.6 is 11.6 Å². The summed E-state index contributed by atoms with van der Waals surface area (Å²) in [6.07, 6.45) is 3.56. The van der Waals surface area contributed by atoms with E-state index in [1.807, 2.05) is 38.1 Å². The van der Waals surface area contributed by atoms with Gasteiger partial charge in [-0.05, 0) is 56.9 Å². The third-order valence-corrected chi connectivity index (χ3v) is 5.70. The van der Waals surface area contributed by atoms with Crippen LogP contribution < -0.4 is 10.2 Å². The molecule has 2 aromatic carbocycles. The van der Waals surface area contributed by atoms with Crippen LogP contribution in [-0.2, 0) is 11.2 Å². The van der Waals surface area contributed by atoms with Crippen molar-refractivity contribution in [2.75, 3.05) is 18.0 Å². The molecule has 1 fully saturated rings. The van der Waals surface area contributed by atoms with Crippen molar-refractivity contribution >= 4 is 34.2 Å². The van der Waals surface area contributed by atoms with E-state index >= 15 is 0 Å². The Hall–Kier alpha value is -2.66. The lowest BCUT2D eigenvalue weighted by Crippen LogP contribution is -2.35. The van der Waals surface area contributed by atoms with E-state index in [9.17, 15) is 4.79 Å². The van der Waals surface area contributed by atoms with E-state index < -0.39 is 0 Å². The Morgan fingerprint density at radius 1 is 1.13 bits per heavy atom. The summed E-state index contributed by atoms with van der Waals surface area (Å²) in [5.41, 5.74) is 2.14. The number of hydrogen-bond acceptors (Lipinski definition) is 4. The van der Waals surface area contributed by atoms with Gasteiger partial charge in [0.25, 0.3) is 0 Å². The molecular formula is C25H29ClN4O. The van der Waals surface area contributed by atoms with E-state index in [1.165, 1.54) is 5.56 Å². The van der Waals surface area contributed by atoms with Crippen LogP contribution in [0.4, 0.5) is 5.82 Å². The number of carbonyl (C=O) groups excluding carboxylic acids is 1. The van der Waals surface area contributed by atoms with Crippen LogP contribution in [0.3, 0.4) is 0 Å². The van der Waals surface area contributed by atoms with E-state index in [0.717, 1.165) is 48.4 Å². The van der Waals surface area contributed by atoms with Gasteiger partial charge >= 0.3 is 0 Å². The van der Waals surface area contributed by atoms with Crippen molar-refractivity contribution in [3.05, 3.63) is 64.9 Å². The van der Waals surface area contributed by atoms with Crippen LogP contribution in [0.2, 0.25) is 5.02 Å². The zero-order valence-corrected chi connectivity index (χ0v) is 18.9. The number of nitrogens with one attached hydrogen (secondary N) is 1. The van der Waals surface area contributed by atoms with E-state index in [1.54, 1.807) is 0 Å². The molecular weight excluding hydrogens is 408 g/mol. The fourth-order valence-electron chi connectivity index (χ4n) is 3.73. The number of anilines is 1. The van der Waals surface area contributed by atoms with Crippen molar-refractivity contribution in [3.8, 4) is 0 Å². The van der Waals surface area contributed by atoms with Gasteiger partial charge in [-0.25, -0.2) is 9.97 Å². The number of fused-ring (bicyclic) bond motifs is 1. The largest absolute Gasteiger partial charge is 0.355 e. The van der Waals surface area contributed by atoms with E-state index in [2.05, 4.69) is 34.5 Å². The molecule has 0 spiro atoms. The summed E-state index contributed by atoms with van der Waals surface area (Å²) in [6, 6.07) is 16.3. The second-order valence-corrected chi connectivity index (χ2v) is 8.97. The molecule has 1 aliphatic carbocycles. The van der Waals surface area contributed by atoms with Crippen molar-refractivity contribution in [1.82, 2.24) is 15.3 Å². The maximum Gasteiger partial charge on any atom is 0.221 e. The Bertz CT molecular complexity index is 1050. The van der Waals surface area contributed by atoms with E-state index in [4.69, 9.17) is 21.6 Å². The minimum absolute atomic E-state index is 0.0588. The number of carbonyl (C=O) groups is 1. The first-order valence-electron chi connectivity index (χ1n) is 11.0. The molecule has 0 saturated heterocycles. The molecule has 1 aromatic heterocycles. The fourth-order valence-corrected chi connectivity index (χ4v) is 3.90. The zero-order chi connectivity index (χ0) is 21.8. The minimum atomic E-state index is 0.0588.